The lowest BCUT2D eigenvalue weighted by Crippen LogP contribution is -1.88. The Bertz CT molecular complexity index is 768. The van der Waals surface area contributed by atoms with Gasteiger partial charge in [0.25, 0.3) is 0 Å². The molecule has 3 nitrogen and oxygen atoms in total. The average Bonchev–Trinajstić information content (AvgIpc) is 2.81. The molecule has 100 valence electrons. The standard InChI is InChI=1S/C15H10Br2N2O/c16-10-5-3-4-9(8-10)13-14(19-20-15(13)18)11-6-1-2-7-12(11)17/h1-8H,18H2. The summed E-state index contributed by atoms with van der Waals surface area (Å²) in [6.45, 7) is 0. The monoisotopic (exact) mass is 392 g/mol. The van der Waals surface area contributed by atoms with Gasteiger partial charge in [-0.25, -0.2) is 0 Å². The summed E-state index contributed by atoms with van der Waals surface area (Å²) in [7, 11) is 0. The van der Waals surface area contributed by atoms with Crippen molar-refractivity contribution in [1.29, 1.82) is 0 Å². The van der Waals surface area contributed by atoms with Gasteiger partial charge in [-0.3, -0.25) is 0 Å². The maximum Gasteiger partial charge on any atom is 0.230 e. The number of hydrogen-bond donors (Lipinski definition) is 1. The van der Waals surface area contributed by atoms with Crippen LogP contribution in [0.4, 0.5) is 5.88 Å². The fourth-order valence-electron chi connectivity index (χ4n) is 2.06. The second-order valence-corrected chi connectivity index (χ2v) is 6.03. The van der Waals surface area contributed by atoms with Crippen molar-refractivity contribution in [3.05, 3.63) is 57.5 Å². The van der Waals surface area contributed by atoms with Gasteiger partial charge in [-0.05, 0) is 23.8 Å². The molecular formula is C15H10Br2N2O. The van der Waals surface area contributed by atoms with Crippen molar-refractivity contribution in [2.24, 2.45) is 0 Å². The van der Waals surface area contributed by atoms with Crippen molar-refractivity contribution in [1.82, 2.24) is 5.16 Å². The topological polar surface area (TPSA) is 52.0 Å². The Morgan fingerprint density at radius 2 is 1.80 bits per heavy atom. The van der Waals surface area contributed by atoms with Gasteiger partial charge in [-0.1, -0.05) is 67.3 Å². The Labute approximate surface area is 133 Å². The number of anilines is 1. The molecule has 0 atom stereocenters. The number of aromatic nitrogens is 1. The molecule has 20 heavy (non-hydrogen) atoms. The SMILES string of the molecule is Nc1onc(-c2ccccc2Br)c1-c1cccc(Br)c1. The van der Waals surface area contributed by atoms with Crippen LogP contribution in [0.25, 0.3) is 22.4 Å². The van der Waals surface area contributed by atoms with Crippen LogP contribution in [0.2, 0.25) is 0 Å². The number of nitrogens with zero attached hydrogens (tertiary/aromatic N) is 1. The predicted molar refractivity (Wildman–Crippen MR) is 87.2 cm³/mol. The molecule has 3 aromatic rings. The molecule has 0 bridgehead atoms. The second kappa shape index (κ2) is 5.42. The van der Waals surface area contributed by atoms with E-state index in [1.165, 1.54) is 0 Å². The summed E-state index contributed by atoms with van der Waals surface area (Å²) in [5.41, 5.74) is 9.39. The van der Waals surface area contributed by atoms with E-state index in [9.17, 15) is 0 Å². The van der Waals surface area contributed by atoms with Crippen LogP contribution < -0.4 is 5.73 Å². The van der Waals surface area contributed by atoms with E-state index in [-0.39, 0.29) is 0 Å². The van der Waals surface area contributed by atoms with Crippen molar-refractivity contribution in [3.63, 3.8) is 0 Å². The largest absolute Gasteiger partial charge is 0.367 e. The van der Waals surface area contributed by atoms with E-state index in [1.54, 1.807) is 0 Å². The van der Waals surface area contributed by atoms with E-state index in [1.807, 2.05) is 48.5 Å². The van der Waals surface area contributed by atoms with Crippen LogP contribution in [-0.2, 0) is 0 Å². The molecule has 0 unspecified atom stereocenters. The van der Waals surface area contributed by atoms with Crippen LogP contribution in [0.3, 0.4) is 0 Å². The van der Waals surface area contributed by atoms with Crippen molar-refractivity contribution < 1.29 is 4.52 Å². The van der Waals surface area contributed by atoms with Crippen LogP contribution in [-0.4, -0.2) is 5.16 Å². The number of hydrogen-bond acceptors (Lipinski definition) is 3. The highest BCUT2D eigenvalue weighted by atomic mass is 79.9. The molecule has 0 aliphatic carbocycles. The fraction of sp³-hybridized carbons (Fsp3) is 0. The Morgan fingerprint density at radius 3 is 2.55 bits per heavy atom. The molecule has 0 aliphatic rings. The van der Waals surface area contributed by atoms with Crippen LogP contribution in [0.1, 0.15) is 0 Å². The smallest absolute Gasteiger partial charge is 0.230 e. The summed E-state index contributed by atoms with van der Waals surface area (Å²) >= 11 is 7.00. The molecule has 0 radical (unpaired) electrons. The molecular weight excluding hydrogens is 384 g/mol. The first kappa shape index (κ1) is 13.4. The van der Waals surface area contributed by atoms with E-state index < -0.39 is 0 Å². The summed E-state index contributed by atoms with van der Waals surface area (Å²) in [5, 5.41) is 4.11. The van der Waals surface area contributed by atoms with Crippen molar-refractivity contribution in [3.8, 4) is 22.4 Å². The first-order valence-corrected chi connectivity index (χ1v) is 7.51. The van der Waals surface area contributed by atoms with Gasteiger partial charge in [0.2, 0.25) is 5.88 Å². The van der Waals surface area contributed by atoms with E-state index in [4.69, 9.17) is 10.3 Å². The Balaban J connectivity index is 2.23. The van der Waals surface area contributed by atoms with Gasteiger partial charge < -0.3 is 10.3 Å². The third-order valence-electron chi connectivity index (χ3n) is 2.96. The molecule has 0 saturated heterocycles. The summed E-state index contributed by atoms with van der Waals surface area (Å²) < 4.78 is 7.12. The third kappa shape index (κ3) is 2.39. The maximum absolute atomic E-state index is 5.95. The number of rotatable bonds is 2. The van der Waals surface area contributed by atoms with E-state index >= 15 is 0 Å². The number of halogens is 2. The van der Waals surface area contributed by atoms with Gasteiger partial charge in [-0.15, -0.1) is 0 Å². The van der Waals surface area contributed by atoms with Gasteiger partial charge in [-0.2, -0.15) is 0 Å². The fourth-order valence-corrected chi connectivity index (χ4v) is 2.93. The molecule has 2 aromatic carbocycles. The molecule has 0 aliphatic heterocycles. The molecule has 0 saturated carbocycles. The molecule has 2 N–H and O–H groups in total. The maximum atomic E-state index is 5.95. The molecule has 1 aromatic heterocycles. The minimum Gasteiger partial charge on any atom is -0.367 e. The van der Waals surface area contributed by atoms with Crippen molar-refractivity contribution in [2.45, 2.75) is 0 Å². The first-order valence-electron chi connectivity index (χ1n) is 5.93. The van der Waals surface area contributed by atoms with Crippen molar-refractivity contribution >= 4 is 37.7 Å². The van der Waals surface area contributed by atoms with Crippen molar-refractivity contribution in [2.75, 3.05) is 5.73 Å². The Hall–Kier alpha value is -1.59. The minimum absolute atomic E-state index is 0.314. The highest BCUT2D eigenvalue weighted by molar-refractivity contribution is 9.10. The zero-order valence-electron chi connectivity index (χ0n) is 10.3. The second-order valence-electron chi connectivity index (χ2n) is 4.26. The molecule has 0 amide bonds. The summed E-state index contributed by atoms with van der Waals surface area (Å²) in [5.74, 6) is 0.314. The molecule has 0 spiro atoms. The zero-order chi connectivity index (χ0) is 14.1. The third-order valence-corrected chi connectivity index (χ3v) is 4.15. The van der Waals surface area contributed by atoms with Gasteiger partial charge in [0, 0.05) is 14.5 Å². The van der Waals surface area contributed by atoms with Crippen LogP contribution in [0, 0.1) is 0 Å². The summed E-state index contributed by atoms with van der Waals surface area (Å²) in [6, 6.07) is 15.7. The van der Waals surface area contributed by atoms with Gasteiger partial charge in [0.1, 0.15) is 5.69 Å². The number of nitrogen functional groups attached to an aromatic ring is 1. The minimum atomic E-state index is 0.314. The lowest BCUT2D eigenvalue weighted by atomic mass is 10.0. The first-order chi connectivity index (χ1) is 9.66. The number of nitrogens with two attached hydrogens (primary N) is 1. The molecule has 3 rings (SSSR count). The highest BCUT2D eigenvalue weighted by Crippen LogP contribution is 2.39. The van der Waals surface area contributed by atoms with Gasteiger partial charge in [0.15, 0.2) is 0 Å². The summed E-state index contributed by atoms with van der Waals surface area (Å²) in [4.78, 5) is 0. The van der Waals surface area contributed by atoms with Gasteiger partial charge >= 0.3 is 0 Å². The van der Waals surface area contributed by atoms with Crippen LogP contribution >= 0.6 is 31.9 Å². The Kier molecular flexibility index (Phi) is 3.63. The molecule has 5 heteroatoms. The normalized spacial score (nSPS) is 10.7. The zero-order valence-corrected chi connectivity index (χ0v) is 13.5. The van der Waals surface area contributed by atoms with Crippen LogP contribution in [0.5, 0.6) is 0 Å². The molecule has 1 heterocycles. The highest BCUT2D eigenvalue weighted by Gasteiger charge is 2.19. The van der Waals surface area contributed by atoms with E-state index in [0.717, 1.165) is 31.3 Å². The van der Waals surface area contributed by atoms with Gasteiger partial charge in [0.05, 0.1) is 5.56 Å². The van der Waals surface area contributed by atoms with E-state index in [2.05, 4.69) is 37.0 Å². The quantitative estimate of drug-likeness (QED) is 0.657. The average molecular weight is 394 g/mol. The van der Waals surface area contributed by atoms with Crippen LogP contribution in [0.15, 0.2) is 62.0 Å². The number of benzene rings is 2. The Morgan fingerprint density at radius 1 is 1.00 bits per heavy atom. The molecule has 0 fully saturated rings. The lowest BCUT2D eigenvalue weighted by molar-refractivity contribution is 0.439. The predicted octanol–water partition coefficient (Wildman–Crippen LogP) is 5.12. The lowest BCUT2D eigenvalue weighted by Gasteiger charge is -2.05. The summed E-state index contributed by atoms with van der Waals surface area (Å²) in [6.07, 6.45) is 0. The van der Waals surface area contributed by atoms with E-state index in [0.29, 0.717) is 5.88 Å².